The fourth-order valence-electron chi connectivity index (χ4n) is 3.55. The molecule has 0 bridgehead atoms. The first kappa shape index (κ1) is 19.4. The fraction of sp³-hybridized carbons (Fsp3) is 0.455. The first-order chi connectivity index (χ1) is 12.4. The summed E-state index contributed by atoms with van der Waals surface area (Å²) in [6.07, 6.45) is 2.20. The molecule has 3 rings (SSSR count). The van der Waals surface area contributed by atoms with E-state index in [2.05, 4.69) is 70.3 Å². The van der Waals surface area contributed by atoms with Crippen molar-refractivity contribution in [3.8, 4) is 0 Å². The van der Waals surface area contributed by atoms with Gasteiger partial charge in [0.2, 0.25) is 0 Å². The van der Waals surface area contributed by atoms with Crippen LogP contribution in [0.15, 0.2) is 60.7 Å². The van der Waals surface area contributed by atoms with Crippen LogP contribution in [0.25, 0.3) is 0 Å². The maximum atomic E-state index is 12.5. The van der Waals surface area contributed by atoms with Gasteiger partial charge in [0, 0.05) is 17.9 Å². The van der Waals surface area contributed by atoms with Gasteiger partial charge in [-0.1, -0.05) is 60.7 Å². The second-order valence-electron chi connectivity index (χ2n) is 8.06. The molecule has 1 aliphatic heterocycles. The van der Waals surface area contributed by atoms with Crippen molar-refractivity contribution in [2.24, 2.45) is 0 Å². The van der Waals surface area contributed by atoms with Gasteiger partial charge in [-0.2, -0.15) is 0 Å². The van der Waals surface area contributed by atoms with Crippen molar-refractivity contribution in [1.82, 2.24) is 9.62 Å². The van der Waals surface area contributed by atoms with Crippen LogP contribution in [0.3, 0.4) is 0 Å². The SMILES string of the molecule is CC(C)(C)[S+]([O-])N[C@H]1CCCN(C(c2ccccc2)c2ccccc2)C1. The lowest BCUT2D eigenvalue weighted by molar-refractivity contribution is 0.165. The molecule has 1 unspecified atom stereocenters. The van der Waals surface area contributed by atoms with E-state index in [-0.39, 0.29) is 16.8 Å². The highest BCUT2D eigenvalue weighted by atomic mass is 32.2. The number of nitrogens with zero attached hydrogens (tertiary/aromatic N) is 1. The van der Waals surface area contributed by atoms with Crippen molar-refractivity contribution < 1.29 is 4.55 Å². The smallest absolute Gasteiger partial charge is 0.136 e. The van der Waals surface area contributed by atoms with Crippen molar-refractivity contribution >= 4 is 11.4 Å². The number of likely N-dealkylation sites (tertiary alicyclic amines) is 1. The summed E-state index contributed by atoms with van der Waals surface area (Å²) in [6, 6.07) is 21.9. The lowest BCUT2D eigenvalue weighted by Gasteiger charge is -2.39. The number of hydrogen-bond donors (Lipinski definition) is 1. The monoisotopic (exact) mass is 370 g/mol. The highest BCUT2D eigenvalue weighted by Crippen LogP contribution is 2.31. The van der Waals surface area contributed by atoms with Gasteiger partial charge in [0.25, 0.3) is 0 Å². The molecule has 26 heavy (non-hydrogen) atoms. The predicted molar refractivity (Wildman–Crippen MR) is 110 cm³/mol. The maximum Gasteiger partial charge on any atom is 0.136 e. The molecular formula is C22H30N2OS. The van der Waals surface area contributed by atoms with E-state index < -0.39 is 11.4 Å². The Labute approximate surface area is 161 Å². The molecule has 1 fully saturated rings. The Balaban J connectivity index is 1.81. The zero-order valence-corrected chi connectivity index (χ0v) is 16.8. The van der Waals surface area contributed by atoms with Gasteiger partial charge in [-0.3, -0.25) is 4.90 Å². The molecule has 3 nitrogen and oxygen atoms in total. The molecule has 1 aliphatic rings. The van der Waals surface area contributed by atoms with E-state index in [1.54, 1.807) is 0 Å². The molecule has 0 radical (unpaired) electrons. The summed E-state index contributed by atoms with van der Waals surface area (Å²) >= 11 is -1.03. The summed E-state index contributed by atoms with van der Waals surface area (Å²) in [5.74, 6) is 0. The lowest BCUT2D eigenvalue weighted by Crippen LogP contribution is -2.52. The molecule has 2 aromatic rings. The standard InChI is InChI=1S/C22H30N2OS/c1-22(2,3)26(25)23-20-15-10-16-24(17-20)21(18-11-6-4-7-12-18)19-13-8-5-9-14-19/h4-9,11-14,20-21,23H,10,15-17H2,1-3H3/t20-,26?/m0/s1. The minimum Gasteiger partial charge on any atom is -0.598 e. The van der Waals surface area contributed by atoms with Gasteiger partial charge in [0.15, 0.2) is 0 Å². The second kappa shape index (κ2) is 8.57. The molecule has 0 spiro atoms. The third-order valence-electron chi connectivity index (χ3n) is 4.88. The van der Waals surface area contributed by atoms with Gasteiger partial charge in [-0.15, -0.1) is 4.72 Å². The van der Waals surface area contributed by atoms with Crippen LogP contribution in [-0.2, 0) is 11.4 Å². The van der Waals surface area contributed by atoms with Crippen molar-refractivity contribution in [2.45, 2.75) is 50.4 Å². The average Bonchev–Trinajstić information content (AvgIpc) is 2.63. The quantitative estimate of drug-likeness (QED) is 0.798. The Kier molecular flexibility index (Phi) is 6.41. The zero-order chi connectivity index (χ0) is 18.6. The fourth-order valence-corrected chi connectivity index (χ4v) is 4.40. The van der Waals surface area contributed by atoms with E-state index in [1.165, 1.54) is 11.1 Å². The van der Waals surface area contributed by atoms with E-state index in [4.69, 9.17) is 0 Å². The van der Waals surface area contributed by atoms with Gasteiger partial charge in [-0.05, 0) is 51.3 Å². The largest absolute Gasteiger partial charge is 0.598 e. The summed E-state index contributed by atoms with van der Waals surface area (Å²) < 4.78 is 15.7. The minimum absolute atomic E-state index is 0.236. The molecule has 0 aliphatic carbocycles. The Hall–Kier alpha value is -1.33. The van der Waals surface area contributed by atoms with E-state index in [1.807, 2.05) is 20.8 Å². The van der Waals surface area contributed by atoms with Crippen molar-refractivity contribution in [3.05, 3.63) is 71.8 Å². The average molecular weight is 371 g/mol. The predicted octanol–water partition coefficient (Wildman–Crippen LogP) is 4.29. The molecule has 2 aromatic carbocycles. The molecule has 2 atom stereocenters. The Morgan fingerprint density at radius 1 is 1.00 bits per heavy atom. The third-order valence-corrected chi connectivity index (χ3v) is 6.54. The van der Waals surface area contributed by atoms with Crippen LogP contribution in [0.4, 0.5) is 0 Å². The summed E-state index contributed by atoms with van der Waals surface area (Å²) in [7, 11) is 0. The second-order valence-corrected chi connectivity index (χ2v) is 10.1. The summed E-state index contributed by atoms with van der Waals surface area (Å²) in [5.41, 5.74) is 2.63. The molecule has 4 heteroatoms. The zero-order valence-electron chi connectivity index (χ0n) is 16.0. The molecule has 1 N–H and O–H groups in total. The Morgan fingerprint density at radius 3 is 2.04 bits per heavy atom. The number of nitrogens with one attached hydrogen (secondary N) is 1. The van der Waals surface area contributed by atoms with Crippen molar-refractivity contribution in [1.29, 1.82) is 0 Å². The van der Waals surface area contributed by atoms with Crippen molar-refractivity contribution in [2.75, 3.05) is 13.1 Å². The van der Waals surface area contributed by atoms with Gasteiger partial charge in [0.1, 0.15) is 4.75 Å². The molecule has 1 heterocycles. The van der Waals surface area contributed by atoms with Crippen LogP contribution in [-0.4, -0.2) is 33.3 Å². The summed E-state index contributed by atoms with van der Waals surface area (Å²) in [4.78, 5) is 2.53. The van der Waals surface area contributed by atoms with Gasteiger partial charge >= 0.3 is 0 Å². The Bertz CT molecular complexity index is 632. The molecule has 0 saturated carbocycles. The summed E-state index contributed by atoms with van der Waals surface area (Å²) in [5, 5.41) is 0. The number of rotatable bonds is 5. The van der Waals surface area contributed by atoms with Crippen LogP contribution < -0.4 is 4.72 Å². The van der Waals surface area contributed by atoms with Crippen LogP contribution in [0.5, 0.6) is 0 Å². The van der Waals surface area contributed by atoms with Crippen LogP contribution in [0, 0.1) is 0 Å². The van der Waals surface area contributed by atoms with E-state index in [9.17, 15) is 4.55 Å². The van der Waals surface area contributed by atoms with Gasteiger partial charge in [-0.25, -0.2) is 0 Å². The van der Waals surface area contributed by atoms with Crippen LogP contribution in [0.1, 0.15) is 50.8 Å². The molecule has 0 aromatic heterocycles. The van der Waals surface area contributed by atoms with Gasteiger partial charge < -0.3 is 4.55 Å². The van der Waals surface area contributed by atoms with E-state index in [0.29, 0.717) is 0 Å². The maximum absolute atomic E-state index is 12.5. The highest BCUT2D eigenvalue weighted by Gasteiger charge is 2.33. The molecule has 0 amide bonds. The molecule has 140 valence electrons. The topological polar surface area (TPSA) is 38.3 Å². The number of hydrogen-bond acceptors (Lipinski definition) is 3. The Morgan fingerprint density at radius 2 is 1.54 bits per heavy atom. The lowest BCUT2D eigenvalue weighted by atomic mass is 9.94. The summed E-state index contributed by atoms with van der Waals surface area (Å²) in [6.45, 7) is 8.04. The molecule has 1 saturated heterocycles. The third kappa shape index (κ3) is 4.89. The van der Waals surface area contributed by atoms with Crippen LogP contribution in [0.2, 0.25) is 0 Å². The highest BCUT2D eigenvalue weighted by molar-refractivity contribution is 7.90. The van der Waals surface area contributed by atoms with Crippen molar-refractivity contribution in [3.63, 3.8) is 0 Å². The van der Waals surface area contributed by atoms with E-state index >= 15 is 0 Å². The minimum atomic E-state index is -1.03. The number of benzene rings is 2. The van der Waals surface area contributed by atoms with Crippen LogP contribution >= 0.6 is 0 Å². The normalized spacial score (nSPS) is 20.3. The number of piperidine rings is 1. The van der Waals surface area contributed by atoms with E-state index in [0.717, 1.165) is 25.9 Å². The van der Waals surface area contributed by atoms with Gasteiger partial charge in [0.05, 0.1) is 12.1 Å². The first-order valence-electron chi connectivity index (χ1n) is 9.47. The first-order valence-corrected chi connectivity index (χ1v) is 10.6. The molecular weight excluding hydrogens is 340 g/mol.